The molecule has 0 atom stereocenters. The van der Waals surface area contributed by atoms with Crippen LogP contribution in [0.25, 0.3) is 0 Å². The van der Waals surface area contributed by atoms with E-state index in [1.54, 1.807) is 6.07 Å². The lowest BCUT2D eigenvalue weighted by Gasteiger charge is -2.09. The second-order valence-corrected chi connectivity index (χ2v) is 4.94. The van der Waals surface area contributed by atoms with Gasteiger partial charge < -0.3 is 5.32 Å². The fraction of sp³-hybridized carbons (Fsp3) is 0.273. The predicted octanol–water partition coefficient (Wildman–Crippen LogP) is 2.22. The lowest BCUT2D eigenvalue weighted by atomic mass is 10.2. The minimum absolute atomic E-state index is 0.189. The van der Waals surface area contributed by atoms with Crippen LogP contribution in [0.3, 0.4) is 0 Å². The van der Waals surface area contributed by atoms with E-state index in [4.69, 9.17) is 12.2 Å². The summed E-state index contributed by atoms with van der Waals surface area (Å²) < 4.78 is 0.765. The van der Waals surface area contributed by atoms with Gasteiger partial charge in [-0.3, -0.25) is 10.1 Å². The van der Waals surface area contributed by atoms with Crippen molar-refractivity contribution in [2.75, 3.05) is 0 Å². The summed E-state index contributed by atoms with van der Waals surface area (Å²) in [6, 6.07) is 7.71. The highest BCUT2D eigenvalue weighted by Gasteiger charge is 2.22. The standard InChI is InChI=1S/C11H11BrN2OS/c12-9-4-2-1-3-8(9)10(15)14-11(16)13-7-5-6-7/h1-4,7H,5-6H2,(H2,13,14,15,16). The summed E-state index contributed by atoms with van der Waals surface area (Å²) in [5.41, 5.74) is 0.586. The van der Waals surface area contributed by atoms with Crippen molar-refractivity contribution >= 4 is 39.2 Å². The van der Waals surface area contributed by atoms with Gasteiger partial charge in [-0.05, 0) is 53.1 Å². The number of halogens is 1. The molecule has 0 spiro atoms. The van der Waals surface area contributed by atoms with Crippen LogP contribution in [-0.2, 0) is 0 Å². The molecule has 84 valence electrons. The third-order valence-corrected chi connectivity index (χ3v) is 3.17. The normalized spacial score (nSPS) is 14.3. The zero-order valence-corrected chi connectivity index (χ0v) is 10.9. The van der Waals surface area contributed by atoms with Crippen molar-refractivity contribution in [3.8, 4) is 0 Å². The summed E-state index contributed by atoms with van der Waals surface area (Å²) >= 11 is 8.36. The Hall–Kier alpha value is -0.940. The Balaban J connectivity index is 1.96. The third-order valence-electron chi connectivity index (χ3n) is 2.26. The maximum Gasteiger partial charge on any atom is 0.258 e. The number of nitrogens with one attached hydrogen (secondary N) is 2. The molecule has 3 nitrogen and oxygen atoms in total. The van der Waals surface area contributed by atoms with Gasteiger partial charge in [-0.25, -0.2) is 0 Å². The maximum atomic E-state index is 11.8. The number of rotatable bonds is 2. The molecule has 1 aliphatic rings. The fourth-order valence-electron chi connectivity index (χ4n) is 1.26. The van der Waals surface area contributed by atoms with Crippen molar-refractivity contribution in [3.05, 3.63) is 34.3 Å². The maximum absolute atomic E-state index is 11.8. The zero-order valence-electron chi connectivity index (χ0n) is 8.50. The summed E-state index contributed by atoms with van der Waals surface area (Å²) in [5.74, 6) is -0.189. The van der Waals surface area contributed by atoms with Crippen LogP contribution < -0.4 is 10.6 Å². The van der Waals surface area contributed by atoms with E-state index in [1.165, 1.54) is 0 Å². The van der Waals surface area contributed by atoms with Crippen molar-refractivity contribution in [1.29, 1.82) is 0 Å². The average molecular weight is 299 g/mol. The first-order valence-electron chi connectivity index (χ1n) is 5.03. The first-order chi connectivity index (χ1) is 7.66. The van der Waals surface area contributed by atoms with Gasteiger partial charge in [0.2, 0.25) is 0 Å². The molecule has 0 radical (unpaired) electrons. The highest BCUT2D eigenvalue weighted by Crippen LogP contribution is 2.18. The first kappa shape index (κ1) is 11.5. The van der Waals surface area contributed by atoms with E-state index in [-0.39, 0.29) is 5.91 Å². The van der Waals surface area contributed by atoms with E-state index in [2.05, 4.69) is 26.6 Å². The smallest absolute Gasteiger partial charge is 0.258 e. The molecule has 0 aliphatic heterocycles. The number of carbonyl (C=O) groups excluding carboxylic acids is 1. The van der Waals surface area contributed by atoms with Crippen LogP contribution in [0.5, 0.6) is 0 Å². The van der Waals surface area contributed by atoms with Crippen LogP contribution in [0.15, 0.2) is 28.7 Å². The third kappa shape index (κ3) is 3.02. The molecule has 0 heterocycles. The molecule has 16 heavy (non-hydrogen) atoms. The molecule has 0 saturated heterocycles. The second kappa shape index (κ2) is 4.93. The Morgan fingerprint density at radius 2 is 2.06 bits per heavy atom. The number of benzene rings is 1. The number of carbonyl (C=O) groups is 1. The molecule has 1 saturated carbocycles. The highest BCUT2D eigenvalue weighted by molar-refractivity contribution is 9.10. The molecule has 1 aliphatic carbocycles. The van der Waals surface area contributed by atoms with E-state index >= 15 is 0 Å². The van der Waals surface area contributed by atoms with Crippen LogP contribution in [0.4, 0.5) is 0 Å². The van der Waals surface area contributed by atoms with E-state index in [0.717, 1.165) is 17.3 Å². The Bertz CT molecular complexity index is 432. The Labute approximate surface area is 108 Å². The molecule has 5 heteroatoms. The topological polar surface area (TPSA) is 41.1 Å². The molecule has 1 aromatic carbocycles. The van der Waals surface area contributed by atoms with Crippen LogP contribution in [-0.4, -0.2) is 17.1 Å². The van der Waals surface area contributed by atoms with Crippen LogP contribution in [0.2, 0.25) is 0 Å². The quantitative estimate of drug-likeness (QED) is 0.823. The number of hydrogen-bond donors (Lipinski definition) is 2. The van der Waals surface area contributed by atoms with Crippen LogP contribution >= 0.6 is 28.1 Å². The largest absolute Gasteiger partial charge is 0.360 e. The molecule has 2 rings (SSSR count). The van der Waals surface area contributed by atoms with Gasteiger partial charge in [-0.15, -0.1) is 0 Å². The first-order valence-corrected chi connectivity index (χ1v) is 6.23. The van der Waals surface area contributed by atoms with Crippen molar-refractivity contribution in [2.24, 2.45) is 0 Å². The van der Waals surface area contributed by atoms with Gasteiger partial charge in [0.1, 0.15) is 0 Å². The lowest BCUT2D eigenvalue weighted by molar-refractivity contribution is 0.0976. The van der Waals surface area contributed by atoms with Gasteiger partial charge in [0.25, 0.3) is 5.91 Å². The van der Waals surface area contributed by atoms with E-state index < -0.39 is 0 Å². The summed E-state index contributed by atoms with van der Waals surface area (Å²) in [7, 11) is 0. The van der Waals surface area contributed by atoms with Crippen molar-refractivity contribution in [3.63, 3.8) is 0 Å². The minimum Gasteiger partial charge on any atom is -0.360 e. The SMILES string of the molecule is O=C(NC(=S)NC1CC1)c1ccccc1Br. The van der Waals surface area contributed by atoms with Crippen molar-refractivity contribution < 1.29 is 4.79 Å². The van der Waals surface area contributed by atoms with Gasteiger partial charge in [-0.2, -0.15) is 0 Å². The Kier molecular flexibility index (Phi) is 3.56. The van der Waals surface area contributed by atoms with Crippen LogP contribution in [0.1, 0.15) is 23.2 Å². The molecule has 0 bridgehead atoms. The monoisotopic (exact) mass is 298 g/mol. The van der Waals surface area contributed by atoms with Crippen LogP contribution in [0, 0.1) is 0 Å². The summed E-state index contributed by atoms with van der Waals surface area (Å²) in [4.78, 5) is 11.8. The molecular formula is C11H11BrN2OS. The van der Waals surface area contributed by atoms with Gasteiger partial charge in [0, 0.05) is 10.5 Å². The van der Waals surface area contributed by atoms with Gasteiger partial charge in [-0.1, -0.05) is 12.1 Å². The van der Waals surface area contributed by atoms with Crippen molar-refractivity contribution in [1.82, 2.24) is 10.6 Å². The van der Waals surface area contributed by atoms with Gasteiger partial charge >= 0.3 is 0 Å². The van der Waals surface area contributed by atoms with E-state index in [1.807, 2.05) is 18.2 Å². The summed E-state index contributed by atoms with van der Waals surface area (Å²) in [6.07, 6.45) is 2.26. The highest BCUT2D eigenvalue weighted by atomic mass is 79.9. The second-order valence-electron chi connectivity index (χ2n) is 3.68. The minimum atomic E-state index is -0.189. The molecule has 2 N–H and O–H groups in total. The fourth-order valence-corrected chi connectivity index (χ4v) is 1.99. The molecule has 1 fully saturated rings. The molecule has 0 unspecified atom stereocenters. The Morgan fingerprint density at radius 1 is 1.38 bits per heavy atom. The molecular weight excluding hydrogens is 288 g/mol. The molecule has 1 amide bonds. The van der Waals surface area contributed by atoms with E-state index in [0.29, 0.717) is 16.7 Å². The lowest BCUT2D eigenvalue weighted by Crippen LogP contribution is -2.40. The molecule has 1 aromatic rings. The van der Waals surface area contributed by atoms with Gasteiger partial charge in [0.05, 0.1) is 5.56 Å². The number of hydrogen-bond acceptors (Lipinski definition) is 2. The van der Waals surface area contributed by atoms with E-state index in [9.17, 15) is 4.79 Å². The average Bonchev–Trinajstić information content (AvgIpc) is 3.01. The molecule has 0 aromatic heterocycles. The number of amides is 1. The summed E-state index contributed by atoms with van der Waals surface area (Å²) in [6.45, 7) is 0. The zero-order chi connectivity index (χ0) is 11.5. The number of thiocarbonyl (C=S) groups is 1. The van der Waals surface area contributed by atoms with Gasteiger partial charge in [0.15, 0.2) is 5.11 Å². The Morgan fingerprint density at radius 3 is 2.69 bits per heavy atom. The predicted molar refractivity (Wildman–Crippen MR) is 70.4 cm³/mol. The van der Waals surface area contributed by atoms with Crippen molar-refractivity contribution in [2.45, 2.75) is 18.9 Å². The summed E-state index contributed by atoms with van der Waals surface area (Å²) in [5, 5.41) is 6.12.